The SMILES string of the molecule is CS(=O)(=O)c1cccc(C2(N)N=C(N)NN2)c1S(=O)(=O)C(F)(F)F. The van der Waals surface area contributed by atoms with Gasteiger partial charge in [0.2, 0.25) is 11.7 Å². The number of nitrogens with one attached hydrogen (secondary N) is 2. The Morgan fingerprint density at radius 1 is 1.21 bits per heavy atom. The average Bonchev–Trinajstić information content (AvgIpc) is 2.76. The molecule has 1 aliphatic rings. The summed E-state index contributed by atoms with van der Waals surface area (Å²) in [6.07, 6.45) is 0.572. The second-order valence-corrected chi connectivity index (χ2v) is 8.73. The lowest BCUT2D eigenvalue weighted by molar-refractivity contribution is -0.0438. The maximum absolute atomic E-state index is 13.0. The Morgan fingerprint density at radius 2 is 1.79 bits per heavy atom. The fourth-order valence-corrected chi connectivity index (χ4v) is 4.67. The van der Waals surface area contributed by atoms with E-state index in [9.17, 15) is 30.0 Å². The van der Waals surface area contributed by atoms with Gasteiger partial charge in [-0.1, -0.05) is 12.1 Å². The molecule has 0 radical (unpaired) electrons. The third-order valence-electron chi connectivity index (χ3n) is 3.04. The molecular weight excluding hydrogens is 375 g/mol. The molecule has 1 heterocycles. The van der Waals surface area contributed by atoms with Crippen LogP contribution in [0.25, 0.3) is 0 Å². The fourth-order valence-electron chi connectivity index (χ4n) is 2.03. The van der Waals surface area contributed by atoms with Gasteiger partial charge < -0.3 is 5.73 Å². The molecule has 0 amide bonds. The normalized spacial score (nSPS) is 22.1. The molecule has 6 N–H and O–H groups in total. The second kappa shape index (κ2) is 5.30. The molecule has 0 bridgehead atoms. The van der Waals surface area contributed by atoms with Gasteiger partial charge in [0.25, 0.3) is 9.84 Å². The van der Waals surface area contributed by atoms with Crippen molar-refractivity contribution in [3.63, 3.8) is 0 Å². The Morgan fingerprint density at radius 3 is 2.21 bits per heavy atom. The molecular formula is C10H12F3N5O4S2. The largest absolute Gasteiger partial charge is 0.501 e. The van der Waals surface area contributed by atoms with Crippen molar-refractivity contribution in [2.24, 2.45) is 16.5 Å². The maximum Gasteiger partial charge on any atom is 0.501 e. The van der Waals surface area contributed by atoms with Gasteiger partial charge in [0.05, 0.1) is 4.90 Å². The van der Waals surface area contributed by atoms with Crippen LogP contribution >= 0.6 is 0 Å². The molecule has 1 unspecified atom stereocenters. The smallest absolute Gasteiger partial charge is 0.369 e. The van der Waals surface area contributed by atoms with Gasteiger partial charge >= 0.3 is 5.51 Å². The van der Waals surface area contributed by atoms with Crippen molar-refractivity contribution in [1.82, 2.24) is 10.9 Å². The van der Waals surface area contributed by atoms with Crippen molar-refractivity contribution in [3.05, 3.63) is 23.8 Å². The van der Waals surface area contributed by atoms with Crippen LogP contribution in [0, 0.1) is 0 Å². The summed E-state index contributed by atoms with van der Waals surface area (Å²) in [4.78, 5) is 1.04. The predicted molar refractivity (Wildman–Crippen MR) is 76.6 cm³/mol. The van der Waals surface area contributed by atoms with Crippen LogP contribution in [0.3, 0.4) is 0 Å². The third kappa shape index (κ3) is 2.92. The second-order valence-electron chi connectivity index (χ2n) is 4.87. The number of hydrazine groups is 1. The Bertz CT molecular complexity index is 926. The number of hydrogen-bond donors (Lipinski definition) is 4. The lowest BCUT2D eigenvalue weighted by atomic mass is 10.1. The zero-order valence-corrected chi connectivity index (χ0v) is 13.6. The van der Waals surface area contributed by atoms with Crippen LogP contribution in [-0.2, 0) is 25.5 Å². The summed E-state index contributed by atoms with van der Waals surface area (Å²) in [5, 5.41) is 0. The topological polar surface area (TPSA) is 157 Å². The van der Waals surface area contributed by atoms with Crippen molar-refractivity contribution in [3.8, 4) is 0 Å². The summed E-state index contributed by atoms with van der Waals surface area (Å²) in [5.41, 5.74) is 9.03. The Kier molecular flexibility index (Phi) is 4.07. The van der Waals surface area contributed by atoms with Gasteiger partial charge in [0.15, 0.2) is 9.84 Å². The molecule has 1 atom stereocenters. The first-order valence-corrected chi connectivity index (χ1v) is 9.40. The summed E-state index contributed by atoms with van der Waals surface area (Å²) in [5.74, 6) is -2.53. The number of nitrogens with two attached hydrogens (primary N) is 2. The first-order valence-electron chi connectivity index (χ1n) is 6.02. The van der Waals surface area contributed by atoms with Gasteiger partial charge in [0, 0.05) is 11.8 Å². The van der Waals surface area contributed by atoms with E-state index < -0.39 is 46.3 Å². The highest BCUT2D eigenvalue weighted by Gasteiger charge is 2.52. The number of nitrogens with zero attached hydrogens (tertiary/aromatic N) is 1. The quantitative estimate of drug-likeness (QED) is 0.508. The number of benzene rings is 1. The van der Waals surface area contributed by atoms with Gasteiger partial charge in [-0.15, -0.1) is 0 Å². The predicted octanol–water partition coefficient (Wildman–Crippen LogP) is -1.12. The zero-order valence-electron chi connectivity index (χ0n) is 11.9. The number of rotatable bonds is 3. The molecule has 14 heteroatoms. The Labute approximate surface area is 134 Å². The molecule has 1 aromatic rings. The minimum atomic E-state index is -6.05. The Balaban J connectivity index is 2.95. The standard InChI is InChI=1S/C10H12F3N5O4S2/c1-23(19,20)6-4-2-3-5(9(15)16-8(14)17-18-9)7(6)24(21,22)10(11,12)13/h2-4,18H,15H2,1H3,(H3,14,16,17). The molecule has 0 saturated heterocycles. The number of aliphatic imine (C=N–C) groups is 1. The van der Waals surface area contributed by atoms with E-state index in [1.807, 2.05) is 0 Å². The van der Waals surface area contributed by atoms with E-state index in [4.69, 9.17) is 11.5 Å². The highest BCUT2D eigenvalue weighted by Crippen LogP contribution is 2.39. The fraction of sp³-hybridized carbons (Fsp3) is 0.300. The maximum atomic E-state index is 13.0. The van der Waals surface area contributed by atoms with E-state index >= 15 is 0 Å². The number of hydrogen-bond acceptors (Lipinski definition) is 9. The van der Waals surface area contributed by atoms with E-state index in [-0.39, 0.29) is 5.96 Å². The third-order valence-corrected chi connectivity index (χ3v) is 5.90. The summed E-state index contributed by atoms with van der Waals surface area (Å²) < 4.78 is 86.6. The van der Waals surface area contributed by atoms with E-state index in [0.717, 1.165) is 18.2 Å². The summed E-state index contributed by atoms with van der Waals surface area (Å²) in [6.45, 7) is 0. The molecule has 134 valence electrons. The van der Waals surface area contributed by atoms with E-state index in [1.54, 1.807) is 0 Å². The number of guanidine groups is 1. The van der Waals surface area contributed by atoms with Crippen molar-refractivity contribution in [2.75, 3.05) is 6.26 Å². The van der Waals surface area contributed by atoms with Crippen LogP contribution in [0.1, 0.15) is 5.56 Å². The van der Waals surface area contributed by atoms with Gasteiger partial charge in [-0.25, -0.2) is 21.8 Å². The molecule has 1 aliphatic heterocycles. The minimum Gasteiger partial charge on any atom is -0.369 e. The molecule has 0 fully saturated rings. The summed E-state index contributed by atoms with van der Waals surface area (Å²) >= 11 is 0. The molecule has 0 spiro atoms. The van der Waals surface area contributed by atoms with E-state index in [1.165, 1.54) is 0 Å². The summed E-state index contributed by atoms with van der Waals surface area (Å²) in [6, 6.07) is 2.68. The molecule has 24 heavy (non-hydrogen) atoms. The zero-order chi connectivity index (χ0) is 18.6. The number of sulfone groups is 2. The first-order chi connectivity index (χ1) is 10.7. The van der Waals surface area contributed by atoms with Crippen LogP contribution in [-0.4, -0.2) is 34.6 Å². The van der Waals surface area contributed by atoms with Crippen LogP contribution in [0.15, 0.2) is 33.0 Å². The molecule has 0 saturated carbocycles. The first kappa shape index (κ1) is 18.4. The Hall–Kier alpha value is -1.90. The van der Waals surface area contributed by atoms with Gasteiger partial charge in [-0.2, -0.15) is 18.6 Å². The van der Waals surface area contributed by atoms with Gasteiger partial charge in [-0.3, -0.25) is 11.2 Å². The monoisotopic (exact) mass is 387 g/mol. The van der Waals surface area contributed by atoms with Crippen molar-refractivity contribution < 1.29 is 30.0 Å². The van der Waals surface area contributed by atoms with Crippen molar-refractivity contribution >= 4 is 25.6 Å². The van der Waals surface area contributed by atoms with Crippen LogP contribution in [0.2, 0.25) is 0 Å². The minimum absolute atomic E-state index is 0.322. The van der Waals surface area contributed by atoms with Crippen LogP contribution in [0.5, 0.6) is 0 Å². The lowest BCUT2D eigenvalue weighted by Crippen LogP contribution is -2.51. The van der Waals surface area contributed by atoms with Crippen molar-refractivity contribution in [1.29, 1.82) is 0 Å². The van der Waals surface area contributed by atoms with E-state index in [2.05, 4.69) is 15.8 Å². The number of alkyl halides is 3. The molecule has 0 aromatic heterocycles. The van der Waals surface area contributed by atoms with Crippen LogP contribution in [0.4, 0.5) is 13.2 Å². The highest BCUT2D eigenvalue weighted by molar-refractivity contribution is 7.94. The molecule has 9 nitrogen and oxygen atoms in total. The highest BCUT2D eigenvalue weighted by atomic mass is 32.2. The average molecular weight is 387 g/mol. The van der Waals surface area contributed by atoms with Gasteiger partial charge in [-0.05, 0) is 6.07 Å². The van der Waals surface area contributed by atoms with E-state index in [0.29, 0.717) is 6.26 Å². The molecule has 2 rings (SSSR count). The molecule has 0 aliphatic carbocycles. The number of halogens is 3. The van der Waals surface area contributed by atoms with Crippen LogP contribution < -0.4 is 22.3 Å². The molecule has 1 aromatic carbocycles. The summed E-state index contributed by atoms with van der Waals surface area (Å²) in [7, 11) is -10.4. The van der Waals surface area contributed by atoms with Crippen molar-refractivity contribution in [2.45, 2.75) is 21.1 Å². The lowest BCUT2D eigenvalue weighted by Gasteiger charge is -2.25. The van der Waals surface area contributed by atoms with Gasteiger partial charge in [0.1, 0.15) is 4.90 Å².